The molecule has 0 aromatic heterocycles. The van der Waals surface area contributed by atoms with Gasteiger partial charge in [0.25, 0.3) is 5.91 Å². The van der Waals surface area contributed by atoms with Crippen molar-refractivity contribution in [2.75, 3.05) is 13.2 Å². The summed E-state index contributed by atoms with van der Waals surface area (Å²) in [5.74, 6) is -0.111. The van der Waals surface area contributed by atoms with Crippen molar-refractivity contribution in [1.29, 1.82) is 0 Å². The monoisotopic (exact) mass is 251 g/mol. The second-order valence-electron chi connectivity index (χ2n) is 4.39. The number of hydrogen-bond acceptors (Lipinski definition) is 3. The van der Waals surface area contributed by atoms with Crippen LogP contribution in [0.5, 0.6) is 0 Å². The Kier molecular flexibility index (Phi) is 6.39. The standard InChI is InChI=1S/C14H21NO3/c1-11(2)18-10-12-4-6-13(7-5-12)14(17)15-8-3-9-16/h4-7,11,16H,3,8-10H2,1-2H3,(H,15,17). The maximum Gasteiger partial charge on any atom is 0.251 e. The third-order valence-electron chi connectivity index (χ3n) is 2.42. The van der Waals surface area contributed by atoms with Crippen LogP contribution in [0.25, 0.3) is 0 Å². The molecule has 2 N–H and O–H groups in total. The second-order valence-corrected chi connectivity index (χ2v) is 4.39. The van der Waals surface area contributed by atoms with Gasteiger partial charge in [-0.05, 0) is 38.0 Å². The molecule has 1 aromatic rings. The van der Waals surface area contributed by atoms with Gasteiger partial charge in [-0.3, -0.25) is 4.79 Å². The Bertz CT molecular complexity index is 360. The lowest BCUT2D eigenvalue weighted by atomic mass is 10.1. The van der Waals surface area contributed by atoms with Crippen LogP contribution in [0.3, 0.4) is 0 Å². The molecular weight excluding hydrogens is 230 g/mol. The highest BCUT2D eigenvalue weighted by atomic mass is 16.5. The largest absolute Gasteiger partial charge is 0.396 e. The number of carbonyl (C=O) groups is 1. The lowest BCUT2D eigenvalue weighted by Crippen LogP contribution is -2.24. The predicted molar refractivity (Wildman–Crippen MR) is 70.4 cm³/mol. The first-order valence-electron chi connectivity index (χ1n) is 6.23. The Balaban J connectivity index is 2.46. The number of carbonyl (C=O) groups excluding carboxylic acids is 1. The first kappa shape index (κ1) is 14.7. The van der Waals surface area contributed by atoms with Crippen molar-refractivity contribution in [3.05, 3.63) is 35.4 Å². The Morgan fingerprint density at radius 2 is 2.00 bits per heavy atom. The lowest BCUT2D eigenvalue weighted by molar-refractivity contribution is 0.0656. The third kappa shape index (κ3) is 5.29. The number of aliphatic hydroxyl groups is 1. The van der Waals surface area contributed by atoms with Crippen LogP contribution in [0.2, 0.25) is 0 Å². The second kappa shape index (κ2) is 7.84. The van der Waals surface area contributed by atoms with Gasteiger partial charge in [0.1, 0.15) is 0 Å². The van der Waals surface area contributed by atoms with Gasteiger partial charge in [-0.25, -0.2) is 0 Å². The normalized spacial score (nSPS) is 10.7. The van der Waals surface area contributed by atoms with E-state index in [9.17, 15) is 4.79 Å². The van der Waals surface area contributed by atoms with Gasteiger partial charge in [0.2, 0.25) is 0 Å². The van der Waals surface area contributed by atoms with Crippen LogP contribution in [-0.4, -0.2) is 30.3 Å². The number of aliphatic hydroxyl groups excluding tert-OH is 1. The summed E-state index contributed by atoms with van der Waals surface area (Å²) in [5, 5.41) is 11.4. The SMILES string of the molecule is CC(C)OCc1ccc(C(=O)NCCCO)cc1. The van der Waals surface area contributed by atoms with Crippen LogP contribution in [0.1, 0.15) is 36.2 Å². The van der Waals surface area contributed by atoms with Gasteiger partial charge in [0, 0.05) is 18.7 Å². The van der Waals surface area contributed by atoms with E-state index in [1.54, 1.807) is 12.1 Å². The van der Waals surface area contributed by atoms with Gasteiger partial charge in [-0.1, -0.05) is 12.1 Å². The van der Waals surface area contributed by atoms with E-state index in [0.717, 1.165) is 5.56 Å². The molecule has 0 atom stereocenters. The molecule has 18 heavy (non-hydrogen) atoms. The van der Waals surface area contributed by atoms with Crippen molar-refractivity contribution in [1.82, 2.24) is 5.32 Å². The molecule has 0 saturated heterocycles. The van der Waals surface area contributed by atoms with Crippen LogP contribution >= 0.6 is 0 Å². The van der Waals surface area contributed by atoms with Crippen molar-refractivity contribution < 1.29 is 14.6 Å². The molecule has 1 rings (SSSR count). The summed E-state index contributed by atoms with van der Waals surface area (Å²) in [6.45, 7) is 5.12. The number of ether oxygens (including phenoxy) is 1. The van der Waals surface area contributed by atoms with Crippen molar-refractivity contribution in [2.45, 2.75) is 33.0 Å². The highest BCUT2D eigenvalue weighted by Gasteiger charge is 2.04. The molecule has 0 aliphatic rings. The Morgan fingerprint density at radius 1 is 1.33 bits per heavy atom. The summed E-state index contributed by atoms with van der Waals surface area (Å²) in [5.41, 5.74) is 1.68. The van der Waals surface area contributed by atoms with E-state index in [0.29, 0.717) is 25.1 Å². The highest BCUT2D eigenvalue weighted by molar-refractivity contribution is 5.94. The molecule has 4 heteroatoms. The minimum absolute atomic E-state index is 0.0890. The molecule has 0 radical (unpaired) electrons. The first-order valence-corrected chi connectivity index (χ1v) is 6.23. The van der Waals surface area contributed by atoms with E-state index in [1.165, 1.54) is 0 Å². The molecule has 0 unspecified atom stereocenters. The summed E-state index contributed by atoms with van der Waals surface area (Å²) in [6.07, 6.45) is 0.776. The average Bonchev–Trinajstić information content (AvgIpc) is 2.37. The topological polar surface area (TPSA) is 58.6 Å². The van der Waals surface area contributed by atoms with E-state index in [2.05, 4.69) is 5.32 Å². The van der Waals surface area contributed by atoms with Gasteiger partial charge in [0.05, 0.1) is 12.7 Å². The van der Waals surface area contributed by atoms with E-state index in [1.807, 2.05) is 26.0 Å². The number of amides is 1. The molecule has 1 aromatic carbocycles. The number of benzene rings is 1. The first-order chi connectivity index (χ1) is 8.63. The average molecular weight is 251 g/mol. The van der Waals surface area contributed by atoms with Gasteiger partial charge >= 0.3 is 0 Å². The quantitative estimate of drug-likeness (QED) is 0.725. The number of hydrogen-bond donors (Lipinski definition) is 2. The van der Waals surface area contributed by atoms with Crippen LogP contribution in [0, 0.1) is 0 Å². The van der Waals surface area contributed by atoms with Crippen LogP contribution in [0.15, 0.2) is 24.3 Å². The fraction of sp³-hybridized carbons (Fsp3) is 0.500. The smallest absolute Gasteiger partial charge is 0.251 e. The highest BCUT2D eigenvalue weighted by Crippen LogP contribution is 2.07. The fourth-order valence-electron chi connectivity index (χ4n) is 1.40. The fourth-order valence-corrected chi connectivity index (χ4v) is 1.40. The predicted octanol–water partition coefficient (Wildman–Crippen LogP) is 1.72. The number of rotatable bonds is 7. The van der Waals surface area contributed by atoms with Gasteiger partial charge in [-0.2, -0.15) is 0 Å². The van der Waals surface area contributed by atoms with Crippen molar-refractivity contribution in [3.63, 3.8) is 0 Å². The summed E-state index contributed by atoms with van der Waals surface area (Å²) in [6, 6.07) is 7.35. The maximum atomic E-state index is 11.7. The summed E-state index contributed by atoms with van der Waals surface area (Å²) < 4.78 is 5.48. The molecule has 0 aliphatic heterocycles. The molecule has 0 fully saturated rings. The Hall–Kier alpha value is -1.39. The lowest BCUT2D eigenvalue weighted by Gasteiger charge is -2.08. The summed E-state index contributed by atoms with van der Waals surface area (Å²) in [7, 11) is 0. The van der Waals surface area contributed by atoms with Crippen LogP contribution in [0.4, 0.5) is 0 Å². The molecule has 0 saturated carbocycles. The zero-order valence-corrected chi connectivity index (χ0v) is 11.0. The van der Waals surface area contributed by atoms with Gasteiger partial charge < -0.3 is 15.2 Å². The molecular formula is C14H21NO3. The zero-order valence-electron chi connectivity index (χ0n) is 11.0. The van der Waals surface area contributed by atoms with E-state index in [-0.39, 0.29) is 18.6 Å². The molecule has 100 valence electrons. The van der Waals surface area contributed by atoms with Crippen molar-refractivity contribution in [2.24, 2.45) is 0 Å². The zero-order chi connectivity index (χ0) is 13.4. The van der Waals surface area contributed by atoms with Gasteiger partial charge in [0.15, 0.2) is 0 Å². The molecule has 1 amide bonds. The maximum absolute atomic E-state index is 11.7. The van der Waals surface area contributed by atoms with Crippen LogP contribution < -0.4 is 5.32 Å². The van der Waals surface area contributed by atoms with E-state index >= 15 is 0 Å². The minimum atomic E-state index is -0.111. The molecule has 0 aliphatic carbocycles. The van der Waals surface area contributed by atoms with E-state index in [4.69, 9.17) is 9.84 Å². The third-order valence-corrected chi connectivity index (χ3v) is 2.42. The molecule has 0 heterocycles. The van der Waals surface area contributed by atoms with Gasteiger partial charge in [-0.15, -0.1) is 0 Å². The number of nitrogens with one attached hydrogen (secondary N) is 1. The summed E-state index contributed by atoms with van der Waals surface area (Å²) in [4.78, 5) is 11.7. The Morgan fingerprint density at radius 3 is 2.56 bits per heavy atom. The van der Waals surface area contributed by atoms with Crippen molar-refractivity contribution >= 4 is 5.91 Å². The minimum Gasteiger partial charge on any atom is -0.396 e. The van der Waals surface area contributed by atoms with Crippen LogP contribution in [-0.2, 0) is 11.3 Å². The van der Waals surface area contributed by atoms with E-state index < -0.39 is 0 Å². The molecule has 0 spiro atoms. The summed E-state index contributed by atoms with van der Waals surface area (Å²) >= 11 is 0. The molecule has 0 bridgehead atoms. The Labute approximate surface area is 108 Å². The molecule has 4 nitrogen and oxygen atoms in total. The van der Waals surface area contributed by atoms with Crippen molar-refractivity contribution in [3.8, 4) is 0 Å².